The Hall–Kier alpha value is -1.44. The van der Waals surface area contributed by atoms with E-state index in [2.05, 4.69) is 43.4 Å². The van der Waals surface area contributed by atoms with Crippen LogP contribution in [0.3, 0.4) is 0 Å². The first-order valence-corrected chi connectivity index (χ1v) is 6.56. The van der Waals surface area contributed by atoms with Gasteiger partial charge in [-0.05, 0) is 38.3 Å². The molecule has 1 aliphatic carbocycles. The summed E-state index contributed by atoms with van der Waals surface area (Å²) < 4.78 is 5.83. The molecule has 0 spiro atoms. The predicted molar refractivity (Wildman–Crippen MR) is 73.7 cm³/mol. The fraction of sp³-hybridized carbons (Fsp3) is 0.467. The molecule has 0 unspecified atom stereocenters. The molecule has 0 saturated heterocycles. The van der Waals surface area contributed by atoms with Gasteiger partial charge >= 0.3 is 0 Å². The summed E-state index contributed by atoms with van der Waals surface area (Å²) in [6.07, 6.45) is 7.72. The van der Waals surface area contributed by atoms with Gasteiger partial charge in [-0.25, -0.2) is 0 Å². The van der Waals surface area contributed by atoms with Crippen molar-refractivity contribution >= 4 is 11.8 Å². The predicted octanol–water partition coefficient (Wildman–Crippen LogP) is 3.87. The number of rotatable bonds is 5. The number of allylic oxidation sites excluding steroid dienone is 1. The molecule has 0 saturated carbocycles. The standard InChI is InChI=1S/C15H21NO/c1-3-11-17-15-10-9-14(16-4-2)12-7-5-6-8-13(12)15/h5,7,9-10,16H,3-4,6,8,11H2,1-2H3. The summed E-state index contributed by atoms with van der Waals surface area (Å²) in [5.74, 6) is 1.06. The van der Waals surface area contributed by atoms with E-state index in [0.717, 1.165) is 38.2 Å². The summed E-state index contributed by atoms with van der Waals surface area (Å²) in [5.41, 5.74) is 3.90. The lowest BCUT2D eigenvalue weighted by Gasteiger charge is -2.19. The second kappa shape index (κ2) is 5.76. The van der Waals surface area contributed by atoms with Crippen LogP contribution in [0.25, 0.3) is 6.08 Å². The number of benzene rings is 1. The van der Waals surface area contributed by atoms with Crippen molar-refractivity contribution in [1.82, 2.24) is 0 Å². The molecule has 92 valence electrons. The van der Waals surface area contributed by atoms with Gasteiger partial charge in [-0.3, -0.25) is 0 Å². The molecule has 2 nitrogen and oxygen atoms in total. The van der Waals surface area contributed by atoms with E-state index in [0.29, 0.717) is 0 Å². The van der Waals surface area contributed by atoms with E-state index in [1.807, 2.05) is 0 Å². The van der Waals surface area contributed by atoms with Crippen molar-refractivity contribution in [3.8, 4) is 5.75 Å². The van der Waals surface area contributed by atoms with Gasteiger partial charge in [0.2, 0.25) is 0 Å². The maximum Gasteiger partial charge on any atom is 0.123 e. The van der Waals surface area contributed by atoms with Crippen molar-refractivity contribution in [2.45, 2.75) is 33.1 Å². The van der Waals surface area contributed by atoms with E-state index in [4.69, 9.17) is 4.74 Å². The number of anilines is 1. The zero-order valence-corrected chi connectivity index (χ0v) is 10.8. The van der Waals surface area contributed by atoms with Crippen LogP contribution >= 0.6 is 0 Å². The lowest BCUT2D eigenvalue weighted by Crippen LogP contribution is -2.06. The highest BCUT2D eigenvalue weighted by atomic mass is 16.5. The molecule has 2 rings (SSSR count). The SMILES string of the molecule is CCCOc1ccc(NCC)c2c1CCC=C2. The highest BCUT2D eigenvalue weighted by Crippen LogP contribution is 2.34. The highest BCUT2D eigenvalue weighted by Gasteiger charge is 2.14. The minimum Gasteiger partial charge on any atom is -0.493 e. The molecule has 1 aliphatic rings. The van der Waals surface area contributed by atoms with Gasteiger partial charge in [-0.15, -0.1) is 0 Å². The number of hydrogen-bond donors (Lipinski definition) is 1. The van der Waals surface area contributed by atoms with Gasteiger partial charge in [0.15, 0.2) is 0 Å². The van der Waals surface area contributed by atoms with Crippen LogP contribution in [-0.2, 0) is 6.42 Å². The summed E-state index contributed by atoms with van der Waals surface area (Å²) in [5, 5.41) is 3.41. The molecule has 0 atom stereocenters. The van der Waals surface area contributed by atoms with Crippen molar-refractivity contribution in [3.05, 3.63) is 29.3 Å². The summed E-state index contributed by atoms with van der Waals surface area (Å²) in [6.45, 7) is 6.02. The van der Waals surface area contributed by atoms with Gasteiger partial charge in [-0.2, -0.15) is 0 Å². The van der Waals surface area contributed by atoms with E-state index in [1.54, 1.807) is 0 Å². The van der Waals surface area contributed by atoms with Crippen LogP contribution in [0, 0.1) is 0 Å². The summed E-state index contributed by atoms with van der Waals surface area (Å²) >= 11 is 0. The van der Waals surface area contributed by atoms with Crippen LogP contribution in [0.2, 0.25) is 0 Å². The molecule has 17 heavy (non-hydrogen) atoms. The quantitative estimate of drug-likeness (QED) is 0.830. The van der Waals surface area contributed by atoms with Gasteiger partial charge < -0.3 is 10.1 Å². The summed E-state index contributed by atoms with van der Waals surface area (Å²) in [4.78, 5) is 0. The Balaban J connectivity index is 2.34. The van der Waals surface area contributed by atoms with Crippen LogP contribution in [0.1, 0.15) is 37.8 Å². The maximum atomic E-state index is 5.83. The highest BCUT2D eigenvalue weighted by molar-refractivity contribution is 5.73. The van der Waals surface area contributed by atoms with Crippen molar-refractivity contribution in [2.75, 3.05) is 18.5 Å². The van der Waals surface area contributed by atoms with Crippen molar-refractivity contribution in [1.29, 1.82) is 0 Å². The fourth-order valence-corrected chi connectivity index (χ4v) is 2.21. The number of nitrogens with one attached hydrogen (secondary N) is 1. The Morgan fingerprint density at radius 1 is 1.29 bits per heavy atom. The van der Waals surface area contributed by atoms with Crippen LogP contribution in [-0.4, -0.2) is 13.2 Å². The molecular formula is C15H21NO. The lowest BCUT2D eigenvalue weighted by atomic mass is 9.95. The van der Waals surface area contributed by atoms with Crippen LogP contribution in [0.4, 0.5) is 5.69 Å². The molecule has 0 radical (unpaired) electrons. The smallest absolute Gasteiger partial charge is 0.123 e. The van der Waals surface area contributed by atoms with Gasteiger partial charge in [0.25, 0.3) is 0 Å². The zero-order chi connectivity index (χ0) is 12.1. The van der Waals surface area contributed by atoms with Crippen molar-refractivity contribution in [3.63, 3.8) is 0 Å². The Labute approximate surface area is 104 Å². The lowest BCUT2D eigenvalue weighted by molar-refractivity contribution is 0.314. The van der Waals surface area contributed by atoms with Gasteiger partial charge in [0.05, 0.1) is 6.61 Å². The van der Waals surface area contributed by atoms with E-state index in [-0.39, 0.29) is 0 Å². The summed E-state index contributed by atoms with van der Waals surface area (Å²) in [7, 11) is 0. The van der Waals surface area contributed by atoms with Gasteiger partial charge in [-0.1, -0.05) is 19.1 Å². The second-order valence-corrected chi connectivity index (χ2v) is 4.32. The normalized spacial score (nSPS) is 13.3. The molecule has 1 aromatic rings. The topological polar surface area (TPSA) is 21.3 Å². The molecule has 0 fully saturated rings. The van der Waals surface area contributed by atoms with Gasteiger partial charge in [0.1, 0.15) is 5.75 Å². The molecule has 1 aromatic carbocycles. The van der Waals surface area contributed by atoms with E-state index >= 15 is 0 Å². The minimum absolute atomic E-state index is 0.802. The Morgan fingerprint density at radius 3 is 2.94 bits per heavy atom. The third kappa shape index (κ3) is 2.63. The molecule has 0 aliphatic heterocycles. The molecule has 0 aromatic heterocycles. The maximum absolute atomic E-state index is 5.83. The molecule has 2 heteroatoms. The zero-order valence-electron chi connectivity index (χ0n) is 10.8. The first-order chi connectivity index (χ1) is 8.36. The average molecular weight is 231 g/mol. The Kier molecular flexibility index (Phi) is 4.08. The van der Waals surface area contributed by atoms with E-state index in [9.17, 15) is 0 Å². The number of hydrogen-bond acceptors (Lipinski definition) is 2. The minimum atomic E-state index is 0.802. The largest absolute Gasteiger partial charge is 0.493 e. The van der Waals surface area contributed by atoms with Crippen LogP contribution < -0.4 is 10.1 Å². The van der Waals surface area contributed by atoms with E-state index < -0.39 is 0 Å². The molecule has 0 amide bonds. The molecule has 0 heterocycles. The Bertz CT molecular complexity index is 410. The molecule has 0 bridgehead atoms. The summed E-state index contributed by atoms with van der Waals surface area (Å²) in [6, 6.07) is 4.23. The number of ether oxygens (including phenoxy) is 1. The average Bonchev–Trinajstić information content (AvgIpc) is 2.38. The monoisotopic (exact) mass is 231 g/mol. The third-order valence-electron chi connectivity index (χ3n) is 2.99. The van der Waals surface area contributed by atoms with E-state index in [1.165, 1.54) is 16.8 Å². The first-order valence-electron chi connectivity index (χ1n) is 6.56. The Morgan fingerprint density at radius 2 is 2.18 bits per heavy atom. The van der Waals surface area contributed by atoms with Crippen molar-refractivity contribution in [2.24, 2.45) is 0 Å². The fourth-order valence-electron chi connectivity index (χ4n) is 2.21. The van der Waals surface area contributed by atoms with Gasteiger partial charge in [0, 0.05) is 23.4 Å². The third-order valence-corrected chi connectivity index (χ3v) is 2.99. The molecule has 1 N–H and O–H groups in total. The van der Waals surface area contributed by atoms with Crippen LogP contribution in [0.15, 0.2) is 18.2 Å². The van der Waals surface area contributed by atoms with Crippen LogP contribution in [0.5, 0.6) is 5.75 Å². The van der Waals surface area contributed by atoms with Crippen molar-refractivity contribution < 1.29 is 4.74 Å². The number of fused-ring (bicyclic) bond motifs is 1. The second-order valence-electron chi connectivity index (χ2n) is 4.32. The first kappa shape index (κ1) is 12.0. The molecular weight excluding hydrogens is 210 g/mol.